The normalized spacial score (nSPS) is 12.4. The Bertz CT molecular complexity index is 1180. The van der Waals surface area contributed by atoms with Crippen LogP contribution in [0.5, 0.6) is 0 Å². The Labute approximate surface area is 166 Å². The van der Waals surface area contributed by atoms with Crippen LogP contribution in [0.15, 0.2) is 47.4 Å². The number of hydrogen-bond donors (Lipinski definition) is 1. The molecular formula is C16H9Cl2F4N3O2S. The number of hydrogen-bond acceptors (Lipinski definition) is 3. The minimum absolute atomic E-state index is 0.0565. The van der Waals surface area contributed by atoms with Crippen molar-refractivity contribution >= 4 is 33.2 Å². The van der Waals surface area contributed by atoms with E-state index in [1.807, 2.05) is 0 Å². The van der Waals surface area contributed by atoms with Gasteiger partial charge in [-0.25, -0.2) is 22.6 Å². The highest BCUT2D eigenvalue weighted by molar-refractivity contribution is 7.89. The summed E-state index contributed by atoms with van der Waals surface area (Å²) < 4.78 is 77.2. The number of alkyl halides is 3. The van der Waals surface area contributed by atoms with Gasteiger partial charge in [-0.2, -0.15) is 18.3 Å². The van der Waals surface area contributed by atoms with Crippen molar-refractivity contribution in [2.75, 3.05) is 0 Å². The summed E-state index contributed by atoms with van der Waals surface area (Å²) in [7, 11) is -4.33. The molecule has 0 aliphatic carbocycles. The van der Waals surface area contributed by atoms with Crippen LogP contribution in [0.1, 0.15) is 5.69 Å². The molecule has 0 saturated heterocycles. The average Bonchev–Trinajstić information content (AvgIpc) is 3.01. The molecule has 3 aromatic rings. The third kappa shape index (κ3) is 4.00. The van der Waals surface area contributed by atoms with E-state index in [0.29, 0.717) is 6.07 Å². The average molecular weight is 454 g/mol. The van der Waals surface area contributed by atoms with E-state index in [-0.39, 0.29) is 27.0 Å². The molecule has 5 nitrogen and oxygen atoms in total. The largest absolute Gasteiger partial charge is 0.435 e. The summed E-state index contributed by atoms with van der Waals surface area (Å²) in [6.07, 6.45) is -4.77. The maximum atomic E-state index is 14.2. The van der Waals surface area contributed by atoms with Crippen LogP contribution in [0.25, 0.3) is 16.9 Å². The number of halogens is 6. The maximum Gasteiger partial charge on any atom is 0.435 e. The van der Waals surface area contributed by atoms with E-state index in [1.54, 1.807) is 0 Å². The molecule has 1 aromatic heterocycles. The summed E-state index contributed by atoms with van der Waals surface area (Å²) in [5.74, 6) is -1.21. The SMILES string of the molecule is NS(=O)(=O)c1ccc(-c2cc(C(F)(F)F)nn2-c2ccc(Cl)c(Cl)c2)cc1F. The van der Waals surface area contributed by atoms with Crippen LogP contribution in [0.4, 0.5) is 17.6 Å². The molecule has 2 aromatic carbocycles. The van der Waals surface area contributed by atoms with E-state index in [0.717, 1.165) is 22.9 Å². The summed E-state index contributed by atoms with van der Waals surface area (Å²) in [5.41, 5.74) is -1.30. The molecular weight excluding hydrogens is 445 g/mol. The van der Waals surface area contributed by atoms with E-state index in [4.69, 9.17) is 28.3 Å². The number of rotatable bonds is 3. The highest BCUT2D eigenvalue weighted by Gasteiger charge is 2.35. The van der Waals surface area contributed by atoms with Crippen LogP contribution >= 0.6 is 23.2 Å². The molecule has 0 atom stereocenters. The fourth-order valence-electron chi connectivity index (χ4n) is 2.43. The van der Waals surface area contributed by atoms with Gasteiger partial charge in [0.1, 0.15) is 10.7 Å². The second-order valence-corrected chi connectivity index (χ2v) is 7.96. The van der Waals surface area contributed by atoms with Gasteiger partial charge in [0.05, 0.1) is 21.4 Å². The fourth-order valence-corrected chi connectivity index (χ4v) is 3.31. The Morgan fingerprint density at radius 1 is 1.00 bits per heavy atom. The van der Waals surface area contributed by atoms with E-state index in [2.05, 4.69) is 5.10 Å². The number of nitrogens with two attached hydrogens (primary N) is 1. The zero-order chi connectivity index (χ0) is 20.9. The number of aromatic nitrogens is 2. The Kier molecular flexibility index (Phi) is 5.17. The van der Waals surface area contributed by atoms with Gasteiger partial charge in [-0.05, 0) is 36.4 Å². The van der Waals surface area contributed by atoms with Crippen LogP contribution in [0.2, 0.25) is 10.0 Å². The molecule has 0 amide bonds. The quantitative estimate of drug-likeness (QED) is 0.586. The molecule has 148 valence electrons. The number of nitrogens with zero attached hydrogens (tertiary/aromatic N) is 2. The minimum atomic E-state index is -4.77. The van der Waals surface area contributed by atoms with E-state index in [9.17, 15) is 26.0 Å². The van der Waals surface area contributed by atoms with Gasteiger partial charge in [-0.3, -0.25) is 0 Å². The molecule has 0 saturated carbocycles. The molecule has 12 heteroatoms. The lowest BCUT2D eigenvalue weighted by molar-refractivity contribution is -0.141. The molecule has 0 bridgehead atoms. The first-order chi connectivity index (χ1) is 12.9. The Balaban J connectivity index is 2.24. The lowest BCUT2D eigenvalue weighted by Crippen LogP contribution is -2.14. The van der Waals surface area contributed by atoms with Crippen molar-refractivity contribution in [3.8, 4) is 16.9 Å². The summed E-state index contributed by atoms with van der Waals surface area (Å²) in [6.45, 7) is 0. The highest BCUT2D eigenvalue weighted by atomic mass is 35.5. The third-order valence-electron chi connectivity index (χ3n) is 3.68. The Morgan fingerprint density at radius 2 is 1.68 bits per heavy atom. The first-order valence-electron chi connectivity index (χ1n) is 7.33. The van der Waals surface area contributed by atoms with Gasteiger partial charge < -0.3 is 0 Å². The van der Waals surface area contributed by atoms with Crippen molar-refractivity contribution in [3.63, 3.8) is 0 Å². The van der Waals surface area contributed by atoms with Gasteiger partial charge in [0, 0.05) is 5.56 Å². The molecule has 1 heterocycles. The fraction of sp³-hybridized carbons (Fsp3) is 0.0625. The van der Waals surface area contributed by atoms with Crippen LogP contribution in [0.3, 0.4) is 0 Å². The number of sulfonamides is 1. The summed E-state index contributed by atoms with van der Waals surface area (Å²) in [5, 5.41) is 8.68. The lowest BCUT2D eigenvalue weighted by Gasteiger charge is -2.10. The van der Waals surface area contributed by atoms with Crippen LogP contribution in [0, 0.1) is 5.82 Å². The zero-order valence-electron chi connectivity index (χ0n) is 13.5. The molecule has 0 radical (unpaired) electrons. The summed E-state index contributed by atoms with van der Waals surface area (Å²) in [6, 6.07) is 7.46. The summed E-state index contributed by atoms with van der Waals surface area (Å²) >= 11 is 11.7. The number of benzene rings is 2. The van der Waals surface area contributed by atoms with Crippen molar-refractivity contribution < 1.29 is 26.0 Å². The van der Waals surface area contributed by atoms with Gasteiger partial charge in [-0.15, -0.1) is 0 Å². The molecule has 0 fully saturated rings. The van der Waals surface area contributed by atoms with Crippen molar-refractivity contribution in [2.45, 2.75) is 11.1 Å². The first-order valence-corrected chi connectivity index (χ1v) is 9.63. The standard InChI is InChI=1S/C16H9Cl2F4N3O2S/c17-10-3-2-9(6-11(10)18)25-13(7-15(24-25)16(20,21)22)8-1-4-14(12(19)5-8)28(23,26)27/h1-7H,(H2,23,26,27). The molecule has 28 heavy (non-hydrogen) atoms. The predicted octanol–water partition coefficient (Wildman–Crippen LogP) is 4.65. The van der Waals surface area contributed by atoms with Gasteiger partial charge in [-0.1, -0.05) is 29.3 Å². The predicted molar refractivity (Wildman–Crippen MR) is 95.4 cm³/mol. The molecule has 0 spiro atoms. The van der Waals surface area contributed by atoms with Crippen molar-refractivity contribution in [2.24, 2.45) is 5.14 Å². The van der Waals surface area contributed by atoms with Crippen LogP contribution in [-0.2, 0) is 16.2 Å². The topological polar surface area (TPSA) is 78.0 Å². The van der Waals surface area contributed by atoms with Gasteiger partial charge >= 0.3 is 6.18 Å². The first kappa shape index (κ1) is 20.6. The van der Waals surface area contributed by atoms with E-state index in [1.165, 1.54) is 18.2 Å². The van der Waals surface area contributed by atoms with Gasteiger partial charge in [0.15, 0.2) is 5.69 Å². The third-order valence-corrected chi connectivity index (χ3v) is 5.36. The van der Waals surface area contributed by atoms with E-state index < -0.39 is 32.6 Å². The molecule has 0 unspecified atom stereocenters. The molecule has 0 aliphatic rings. The minimum Gasteiger partial charge on any atom is -0.232 e. The smallest absolute Gasteiger partial charge is 0.232 e. The maximum absolute atomic E-state index is 14.2. The molecule has 2 N–H and O–H groups in total. The Morgan fingerprint density at radius 3 is 2.21 bits per heavy atom. The van der Waals surface area contributed by atoms with E-state index >= 15 is 0 Å². The van der Waals surface area contributed by atoms with Crippen molar-refractivity contribution in [3.05, 3.63) is 64.0 Å². The molecule has 3 rings (SSSR count). The Hall–Kier alpha value is -2.14. The number of primary sulfonamides is 1. The lowest BCUT2D eigenvalue weighted by atomic mass is 10.1. The monoisotopic (exact) mass is 453 g/mol. The second kappa shape index (κ2) is 7.03. The van der Waals surface area contributed by atoms with Crippen molar-refractivity contribution in [1.29, 1.82) is 0 Å². The van der Waals surface area contributed by atoms with Gasteiger partial charge in [0.25, 0.3) is 0 Å². The second-order valence-electron chi connectivity index (χ2n) is 5.61. The van der Waals surface area contributed by atoms with Crippen molar-refractivity contribution in [1.82, 2.24) is 9.78 Å². The van der Waals surface area contributed by atoms with Crippen LogP contribution < -0.4 is 5.14 Å². The zero-order valence-corrected chi connectivity index (χ0v) is 15.8. The highest BCUT2D eigenvalue weighted by Crippen LogP contribution is 2.35. The van der Waals surface area contributed by atoms with Crippen LogP contribution in [-0.4, -0.2) is 18.2 Å². The molecule has 0 aliphatic heterocycles. The summed E-state index contributed by atoms with van der Waals surface area (Å²) in [4.78, 5) is -0.784. The van der Waals surface area contributed by atoms with Gasteiger partial charge in [0.2, 0.25) is 10.0 Å².